The Labute approximate surface area is 134 Å². The zero-order chi connectivity index (χ0) is 16.5. The third-order valence-electron chi connectivity index (χ3n) is 3.19. The van der Waals surface area contributed by atoms with E-state index in [1.807, 2.05) is 24.3 Å². The van der Waals surface area contributed by atoms with Gasteiger partial charge in [-0.3, -0.25) is 9.59 Å². The molecule has 2 rings (SSSR count). The zero-order valence-electron chi connectivity index (χ0n) is 12.9. The molecular formula is C17H19NO5. The maximum Gasteiger partial charge on any atom is 0.306 e. The van der Waals surface area contributed by atoms with Crippen LogP contribution in [0, 0.1) is 0 Å². The van der Waals surface area contributed by atoms with Crippen LogP contribution in [0.5, 0.6) is 5.75 Å². The number of nitrogens with one attached hydrogen (secondary N) is 1. The Balaban J connectivity index is 1.67. The first-order valence-electron chi connectivity index (χ1n) is 7.25. The molecule has 1 aromatic carbocycles. The number of carbonyl (C=O) groups excluding carboxylic acids is 2. The van der Waals surface area contributed by atoms with Crippen LogP contribution in [0.4, 0.5) is 0 Å². The number of ether oxygens (including phenoxy) is 2. The number of rotatable bonds is 8. The molecule has 0 aliphatic carbocycles. The smallest absolute Gasteiger partial charge is 0.306 e. The number of benzene rings is 1. The van der Waals surface area contributed by atoms with Crippen LogP contribution in [0.2, 0.25) is 0 Å². The molecule has 0 atom stereocenters. The molecule has 0 aliphatic heterocycles. The zero-order valence-corrected chi connectivity index (χ0v) is 12.9. The topological polar surface area (TPSA) is 77.8 Å². The molecule has 2 aromatic rings. The van der Waals surface area contributed by atoms with Gasteiger partial charge in [0, 0.05) is 18.5 Å². The molecule has 0 saturated carbocycles. The lowest BCUT2D eigenvalue weighted by Gasteiger charge is -2.09. The Hall–Kier alpha value is -2.76. The summed E-state index contributed by atoms with van der Waals surface area (Å²) in [5.74, 6) is 0.613. The van der Waals surface area contributed by atoms with E-state index < -0.39 is 5.97 Å². The highest BCUT2D eigenvalue weighted by atomic mass is 16.5. The van der Waals surface area contributed by atoms with E-state index in [1.54, 1.807) is 25.5 Å². The quantitative estimate of drug-likeness (QED) is 0.754. The minimum atomic E-state index is -0.436. The van der Waals surface area contributed by atoms with Gasteiger partial charge in [0.1, 0.15) is 11.5 Å². The molecule has 1 aromatic heterocycles. The monoisotopic (exact) mass is 317 g/mol. The summed E-state index contributed by atoms with van der Waals surface area (Å²) in [6.45, 7) is 0.0128. The van der Waals surface area contributed by atoms with Gasteiger partial charge in [0.25, 0.3) is 5.91 Å². The average molecular weight is 317 g/mol. The van der Waals surface area contributed by atoms with Gasteiger partial charge < -0.3 is 19.2 Å². The van der Waals surface area contributed by atoms with Gasteiger partial charge in [-0.15, -0.1) is 0 Å². The first-order valence-corrected chi connectivity index (χ1v) is 7.25. The number of hydrogen-bond donors (Lipinski definition) is 1. The van der Waals surface area contributed by atoms with Gasteiger partial charge in [-0.2, -0.15) is 0 Å². The van der Waals surface area contributed by atoms with Crippen molar-refractivity contribution in [1.29, 1.82) is 0 Å². The minimum absolute atomic E-state index is 0.174. The fraction of sp³-hybridized carbons (Fsp3) is 0.294. The molecule has 1 heterocycles. The fourth-order valence-corrected chi connectivity index (χ4v) is 1.99. The summed E-state index contributed by atoms with van der Waals surface area (Å²) in [6.07, 6.45) is 2.17. The van der Waals surface area contributed by atoms with Crippen LogP contribution in [-0.4, -0.2) is 25.6 Å². The lowest BCUT2D eigenvalue weighted by molar-refractivity contribution is -0.148. The number of aryl methyl sites for hydroxylation is 1. The Morgan fingerprint density at radius 2 is 2.00 bits per heavy atom. The van der Waals surface area contributed by atoms with Crippen molar-refractivity contribution in [2.75, 3.05) is 13.7 Å². The maximum atomic E-state index is 11.7. The van der Waals surface area contributed by atoms with E-state index in [9.17, 15) is 9.59 Å². The summed E-state index contributed by atoms with van der Waals surface area (Å²) in [4.78, 5) is 23.3. The molecule has 0 bridgehead atoms. The number of esters is 1. The molecule has 23 heavy (non-hydrogen) atoms. The second kappa shape index (κ2) is 8.63. The van der Waals surface area contributed by atoms with E-state index in [4.69, 9.17) is 13.9 Å². The molecule has 6 heteroatoms. The van der Waals surface area contributed by atoms with E-state index in [-0.39, 0.29) is 18.9 Å². The van der Waals surface area contributed by atoms with Gasteiger partial charge in [-0.05, 0) is 18.2 Å². The van der Waals surface area contributed by atoms with Crippen LogP contribution in [0.1, 0.15) is 17.7 Å². The van der Waals surface area contributed by atoms with Crippen molar-refractivity contribution in [3.63, 3.8) is 0 Å². The third-order valence-corrected chi connectivity index (χ3v) is 3.19. The standard InChI is InChI=1S/C17H19NO5/c1-21-15-7-3-2-5-13(15)11-18-16(19)12-23-17(20)9-8-14-6-4-10-22-14/h2-7,10H,8-9,11-12H2,1H3,(H,18,19). The Morgan fingerprint density at radius 3 is 2.74 bits per heavy atom. The van der Waals surface area contributed by atoms with Crippen LogP contribution in [0.25, 0.3) is 0 Å². The van der Waals surface area contributed by atoms with Crippen molar-refractivity contribution >= 4 is 11.9 Å². The van der Waals surface area contributed by atoms with Crippen molar-refractivity contribution in [2.45, 2.75) is 19.4 Å². The maximum absolute atomic E-state index is 11.7. The van der Waals surface area contributed by atoms with Crippen LogP contribution >= 0.6 is 0 Å². The number of carbonyl (C=O) groups is 2. The lowest BCUT2D eigenvalue weighted by Crippen LogP contribution is -2.28. The normalized spacial score (nSPS) is 10.1. The fourth-order valence-electron chi connectivity index (χ4n) is 1.99. The molecule has 0 spiro atoms. The number of methoxy groups -OCH3 is 1. The van der Waals surface area contributed by atoms with Gasteiger partial charge in [-0.25, -0.2) is 0 Å². The second-order valence-corrected chi connectivity index (χ2v) is 4.83. The van der Waals surface area contributed by atoms with Crippen LogP contribution in [0.15, 0.2) is 47.1 Å². The average Bonchev–Trinajstić information content (AvgIpc) is 3.10. The van der Waals surface area contributed by atoms with Gasteiger partial charge in [0.2, 0.25) is 0 Å². The van der Waals surface area contributed by atoms with Gasteiger partial charge in [-0.1, -0.05) is 18.2 Å². The first kappa shape index (κ1) is 16.6. The first-order chi connectivity index (χ1) is 11.2. The molecule has 0 radical (unpaired) electrons. The SMILES string of the molecule is COc1ccccc1CNC(=O)COC(=O)CCc1ccco1. The van der Waals surface area contributed by atoms with Crippen LogP contribution < -0.4 is 10.1 Å². The summed E-state index contributed by atoms with van der Waals surface area (Å²) in [6, 6.07) is 10.9. The third kappa shape index (κ3) is 5.50. The highest BCUT2D eigenvalue weighted by Gasteiger charge is 2.09. The molecule has 1 amide bonds. The Morgan fingerprint density at radius 1 is 1.17 bits per heavy atom. The van der Waals surface area contributed by atoms with Crippen molar-refractivity contribution in [2.24, 2.45) is 0 Å². The summed E-state index contributed by atoms with van der Waals surface area (Å²) in [5.41, 5.74) is 0.854. The summed E-state index contributed by atoms with van der Waals surface area (Å²) in [7, 11) is 1.57. The van der Waals surface area contributed by atoms with Crippen molar-refractivity contribution in [3.8, 4) is 5.75 Å². The number of amides is 1. The molecule has 0 unspecified atom stereocenters. The summed E-state index contributed by atoms with van der Waals surface area (Å²) >= 11 is 0. The lowest BCUT2D eigenvalue weighted by atomic mass is 10.2. The van der Waals surface area contributed by atoms with E-state index in [1.165, 1.54) is 0 Å². The van der Waals surface area contributed by atoms with Crippen molar-refractivity contribution in [1.82, 2.24) is 5.32 Å². The predicted octanol–water partition coefficient (Wildman–Crippen LogP) is 2.08. The number of furan rings is 1. The second-order valence-electron chi connectivity index (χ2n) is 4.83. The molecule has 6 nitrogen and oxygen atoms in total. The molecule has 0 fully saturated rings. The molecule has 1 N–H and O–H groups in total. The van der Waals surface area contributed by atoms with E-state index in [2.05, 4.69) is 5.32 Å². The van der Waals surface area contributed by atoms with Crippen LogP contribution in [-0.2, 0) is 27.3 Å². The van der Waals surface area contributed by atoms with E-state index in [0.717, 1.165) is 5.56 Å². The van der Waals surface area contributed by atoms with Gasteiger partial charge in [0.15, 0.2) is 6.61 Å². The largest absolute Gasteiger partial charge is 0.496 e. The van der Waals surface area contributed by atoms with Gasteiger partial charge in [0.05, 0.1) is 19.8 Å². The molecule has 122 valence electrons. The molecule has 0 saturated heterocycles. The van der Waals surface area contributed by atoms with Crippen molar-refractivity contribution < 1.29 is 23.5 Å². The summed E-state index contributed by atoms with van der Waals surface area (Å²) < 4.78 is 15.2. The summed E-state index contributed by atoms with van der Waals surface area (Å²) in [5, 5.41) is 2.68. The minimum Gasteiger partial charge on any atom is -0.496 e. The highest BCUT2D eigenvalue weighted by Crippen LogP contribution is 2.16. The van der Waals surface area contributed by atoms with E-state index >= 15 is 0 Å². The van der Waals surface area contributed by atoms with E-state index in [0.29, 0.717) is 24.5 Å². The molecular weight excluding hydrogens is 298 g/mol. The highest BCUT2D eigenvalue weighted by molar-refractivity contribution is 5.80. The van der Waals surface area contributed by atoms with Crippen LogP contribution in [0.3, 0.4) is 0 Å². The molecule has 0 aliphatic rings. The number of para-hydroxylation sites is 1. The van der Waals surface area contributed by atoms with Gasteiger partial charge >= 0.3 is 5.97 Å². The van der Waals surface area contributed by atoms with Crippen molar-refractivity contribution in [3.05, 3.63) is 54.0 Å². The Kier molecular flexibility index (Phi) is 6.23. The Bertz CT molecular complexity index is 636. The number of hydrogen-bond acceptors (Lipinski definition) is 5. The predicted molar refractivity (Wildman–Crippen MR) is 82.8 cm³/mol.